The Hall–Kier alpha value is -3.88. The van der Waals surface area contributed by atoms with Crippen LogP contribution in [0, 0.1) is 11.7 Å². The molecule has 0 unspecified atom stereocenters. The Kier molecular flexibility index (Phi) is 4.97. The predicted molar refractivity (Wildman–Crippen MR) is 126 cm³/mol. The SMILES string of the molecule is O=C1O[C@]2(CC[C@H](CNc3ccn(-c4ccccc4F)n3)CC2)CN1c1ccn2ccnc2c1. The summed E-state index contributed by atoms with van der Waals surface area (Å²) in [5.74, 6) is 0.870. The normalized spacial score (nSPS) is 22.4. The maximum Gasteiger partial charge on any atom is 0.415 e. The van der Waals surface area contributed by atoms with E-state index in [2.05, 4.69) is 15.4 Å². The summed E-state index contributed by atoms with van der Waals surface area (Å²) < 4.78 is 23.4. The summed E-state index contributed by atoms with van der Waals surface area (Å²) >= 11 is 0. The van der Waals surface area contributed by atoms with E-state index < -0.39 is 5.60 Å². The molecule has 4 heterocycles. The summed E-state index contributed by atoms with van der Waals surface area (Å²) in [6.45, 7) is 1.34. The number of nitrogens with zero attached hydrogens (tertiary/aromatic N) is 5. The van der Waals surface area contributed by atoms with Gasteiger partial charge in [-0.25, -0.2) is 18.9 Å². The number of hydrogen-bond acceptors (Lipinski definition) is 5. The van der Waals surface area contributed by atoms with Crippen LogP contribution in [0.5, 0.6) is 0 Å². The average Bonchev–Trinajstić information content (AvgIpc) is 3.58. The van der Waals surface area contributed by atoms with Gasteiger partial charge in [0, 0.05) is 43.5 Å². The molecule has 1 aromatic carbocycles. The number of halogens is 1. The van der Waals surface area contributed by atoms with Gasteiger partial charge in [-0.2, -0.15) is 5.10 Å². The van der Waals surface area contributed by atoms with Crippen molar-refractivity contribution in [3.05, 3.63) is 73.1 Å². The zero-order valence-corrected chi connectivity index (χ0v) is 18.6. The highest BCUT2D eigenvalue weighted by atomic mass is 19.1. The number of rotatable bonds is 5. The van der Waals surface area contributed by atoms with E-state index in [1.807, 2.05) is 35.0 Å². The number of aromatic nitrogens is 4. The van der Waals surface area contributed by atoms with Gasteiger partial charge in [0.05, 0.1) is 12.2 Å². The lowest BCUT2D eigenvalue weighted by atomic mass is 9.78. The van der Waals surface area contributed by atoms with E-state index in [4.69, 9.17) is 4.74 Å². The van der Waals surface area contributed by atoms with E-state index >= 15 is 0 Å². The quantitative estimate of drug-likeness (QED) is 0.469. The van der Waals surface area contributed by atoms with E-state index in [9.17, 15) is 9.18 Å². The number of imidazole rings is 1. The molecule has 3 aromatic heterocycles. The first-order chi connectivity index (χ1) is 16.6. The highest BCUT2D eigenvalue weighted by Gasteiger charge is 2.47. The van der Waals surface area contributed by atoms with Crippen molar-refractivity contribution < 1.29 is 13.9 Å². The molecule has 174 valence electrons. The average molecular weight is 461 g/mol. The minimum atomic E-state index is -0.429. The maximum atomic E-state index is 14.0. The molecule has 0 atom stereocenters. The van der Waals surface area contributed by atoms with Crippen molar-refractivity contribution in [1.29, 1.82) is 0 Å². The third-order valence-electron chi connectivity index (χ3n) is 6.94. The first-order valence-corrected chi connectivity index (χ1v) is 11.6. The molecule has 9 heteroatoms. The van der Waals surface area contributed by atoms with Gasteiger partial charge in [0.1, 0.15) is 28.6 Å². The summed E-state index contributed by atoms with van der Waals surface area (Å²) in [4.78, 5) is 18.7. The molecule has 6 rings (SSSR count). The number of benzene rings is 1. The fourth-order valence-corrected chi connectivity index (χ4v) is 5.00. The standard InChI is InChI=1S/C25H25FN6O2/c26-20-3-1-2-4-21(20)32-13-8-22(29-32)28-16-18-5-9-25(10-6-18)17-31(24(33)34-25)19-7-12-30-14-11-27-23(30)15-19/h1-4,7-8,11-15,18H,5-6,9-10,16-17H2,(H,28,29)/t18-,25-. The van der Waals surface area contributed by atoms with Crippen molar-refractivity contribution in [2.45, 2.75) is 31.3 Å². The molecule has 1 aliphatic carbocycles. The number of pyridine rings is 1. The Morgan fingerprint density at radius 2 is 1.97 bits per heavy atom. The van der Waals surface area contributed by atoms with Gasteiger partial charge >= 0.3 is 6.09 Å². The van der Waals surface area contributed by atoms with Gasteiger partial charge in [-0.05, 0) is 49.8 Å². The highest BCUT2D eigenvalue weighted by molar-refractivity contribution is 5.90. The first kappa shape index (κ1) is 20.7. The largest absolute Gasteiger partial charge is 0.441 e. The summed E-state index contributed by atoms with van der Waals surface area (Å²) in [6.07, 6.45) is 10.6. The van der Waals surface area contributed by atoms with Crippen LogP contribution in [-0.2, 0) is 4.74 Å². The van der Waals surface area contributed by atoms with Crippen molar-refractivity contribution in [1.82, 2.24) is 19.2 Å². The zero-order chi connectivity index (χ0) is 23.1. The minimum absolute atomic E-state index is 0.286. The Morgan fingerprint density at radius 3 is 2.82 bits per heavy atom. The molecule has 1 N–H and O–H groups in total. The maximum absolute atomic E-state index is 14.0. The molecule has 1 saturated heterocycles. The Bertz CT molecular complexity index is 1340. The molecule has 2 fully saturated rings. The van der Waals surface area contributed by atoms with Gasteiger partial charge in [0.15, 0.2) is 0 Å². The van der Waals surface area contributed by atoms with Crippen LogP contribution in [0.25, 0.3) is 11.3 Å². The molecular weight excluding hydrogens is 435 g/mol. The second-order valence-corrected chi connectivity index (χ2v) is 9.14. The second-order valence-electron chi connectivity index (χ2n) is 9.14. The van der Waals surface area contributed by atoms with Crippen LogP contribution in [0.15, 0.2) is 67.3 Å². The number of nitrogens with one attached hydrogen (secondary N) is 1. The van der Waals surface area contributed by atoms with E-state index in [0.29, 0.717) is 18.2 Å². The van der Waals surface area contributed by atoms with Gasteiger partial charge in [-0.1, -0.05) is 12.1 Å². The Balaban J connectivity index is 1.05. The van der Waals surface area contributed by atoms with Gasteiger partial charge in [-0.15, -0.1) is 0 Å². The van der Waals surface area contributed by atoms with Crippen LogP contribution in [0.2, 0.25) is 0 Å². The van der Waals surface area contributed by atoms with Crippen LogP contribution in [-0.4, -0.2) is 43.9 Å². The number of anilines is 2. The highest BCUT2D eigenvalue weighted by Crippen LogP contribution is 2.41. The zero-order valence-electron chi connectivity index (χ0n) is 18.6. The lowest BCUT2D eigenvalue weighted by Gasteiger charge is -2.35. The fourth-order valence-electron chi connectivity index (χ4n) is 5.00. The molecule has 8 nitrogen and oxygen atoms in total. The molecule has 4 aromatic rings. The smallest absolute Gasteiger partial charge is 0.415 e. The number of amides is 1. The summed E-state index contributed by atoms with van der Waals surface area (Å²) in [5.41, 5.74) is 1.62. The van der Waals surface area contributed by atoms with E-state index in [-0.39, 0.29) is 11.9 Å². The number of para-hydroxylation sites is 1. The Labute approximate surface area is 196 Å². The number of hydrogen-bond donors (Lipinski definition) is 1. The van der Waals surface area contributed by atoms with E-state index in [1.54, 1.807) is 40.2 Å². The van der Waals surface area contributed by atoms with Crippen LogP contribution < -0.4 is 10.2 Å². The fraction of sp³-hybridized carbons (Fsp3) is 0.320. The number of carbonyl (C=O) groups excluding carboxylic acids is 1. The first-order valence-electron chi connectivity index (χ1n) is 11.6. The van der Waals surface area contributed by atoms with Crippen molar-refractivity contribution in [2.24, 2.45) is 5.92 Å². The topological polar surface area (TPSA) is 76.7 Å². The molecule has 1 aliphatic heterocycles. The number of carbonyl (C=O) groups is 1. The van der Waals surface area contributed by atoms with Crippen molar-refractivity contribution in [3.63, 3.8) is 0 Å². The van der Waals surface area contributed by atoms with Crippen molar-refractivity contribution >= 4 is 23.2 Å². The van der Waals surface area contributed by atoms with Crippen molar-refractivity contribution in [3.8, 4) is 5.69 Å². The summed E-state index contributed by atoms with van der Waals surface area (Å²) in [5, 5.41) is 7.83. The van der Waals surface area contributed by atoms with Crippen LogP contribution >= 0.6 is 0 Å². The minimum Gasteiger partial charge on any atom is -0.441 e. The summed E-state index contributed by atoms with van der Waals surface area (Å²) in [7, 11) is 0. The molecule has 34 heavy (non-hydrogen) atoms. The predicted octanol–water partition coefficient (Wildman–Crippen LogP) is 4.66. The van der Waals surface area contributed by atoms with Gasteiger partial charge in [-0.3, -0.25) is 4.90 Å². The molecule has 1 amide bonds. The number of ether oxygens (including phenoxy) is 1. The van der Waals surface area contributed by atoms with Gasteiger partial charge in [0.25, 0.3) is 0 Å². The van der Waals surface area contributed by atoms with E-state index in [0.717, 1.165) is 49.4 Å². The Morgan fingerprint density at radius 1 is 1.12 bits per heavy atom. The molecule has 0 radical (unpaired) electrons. The van der Waals surface area contributed by atoms with Crippen LogP contribution in [0.4, 0.5) is 20.7 Å². The van der Waals surface area contributed by atoms with Crippen LogP contribution in [0.1, 0.15) is 25.7 Å². The van der Waals surface area contributed by atoms with E-state index in [1.165, 1.54) is 6.07 Å². The van der Waals surface area contributed by atoms with Gasteiger partial charge < -0.3 is 14.5 Å². The monoisotopic (exact) mass is 460 g/mol. The molecule has 0 bridgehead atoms. The molecular formula is C25H25FN6O2. The third kappa shape index (κ3) is 3.76. The van der Waals surface area contributed by atoms with Crippen LogP contribution in [0.3, 0.4) is 0 Å². The second kappa shape index (κ2) is 8.16. The summed E-state index contributed by atoms with van der Waals surface area (Å²) in [6, 6.07) is 12.3. The lowest BCUT2D eigenvalue weighted by Crippen LogP contribution is -2.39. The van der Waals surface area contributed by atoms with Gasteiger partial charge in [0.2, 0.25) is 0 Å². The number of fused-ring (bicyclic) bond motifs is 1. The van der Waals surface area contributed by atoms with Crippen molar-refractivity contribution in [2.75, 3.05) is 23.3 Å². The molecule has 2 aliphatic rings. The molecule has 1 saturated carbocycles. The lowest BCUT2D eigenvalue weighted by molar-refractivity contribution is 0.0148. The molecule has 1 spiro atoms. The third-order valence-corrected chi connectivity index (χ3v) is 6.94.